The molecule has 1 radical (unpaired) electrons. The Kier molecular flexibility index (Phi) is 7.53. The number of rotatable bonds is 1. The van der Waals surface area contributed by atoms with E-state index < -0.39 is 0 Å². The van der Waals surface area contributed by atoms with Crippen molar-refractivity contribution in [2.75, 3.05) is 0 Å². The molecule has 0 saturated carbocycles. The fourth-order valence-corrected chi connectivity index (χ4v) is 0.677. The van der Waals surface area contributed by atoms with Crippen LogP contribution in [0.2, 0.25) is 0 Å². The second-order valence-corrected chi connectivity index (χ2v) is 1.84. The summed E-state index contributed by atoms with van der Waals surface area (Å²) in [7, 11) is 0. The minimum Gasteiger partial charge on any atom is -0.507 e. The third-order valence-corrected chi connectivity index (χ3v) is 1.15. The van der Waals surface area contributed by atoms with Crippen LogP contribution >= 0.6 is 0 Å². The SMILES string of the molecule is N/N=C/c1ccccc1O.O.[Cu]. The summed E-state index contributed by atoms with van der Waals surface area (Å²) in [6.45, 7) is 0. The number of nitrogens with zero attached hydrogens (tertiary/aromatic N) is 1. The molecule has 12 heavy (non-hydrogen) atoms. The zero-order valence-corrected chi connectivity index (χ0v) is 7.10. The number of benzene rings is 1. The molecule has 1 aromatic carbocycles. The van der Waals surface area contributed by atoms with Gasteiger partial charge in [-0.2, -0.15) is 5.10 Å². The number of nitrogens with two attached hydrogens (primary N) is 1. The predicted molar refractivity (Wildman–Crippen MR) is 43.5 cm³/mol. The molecule has 0 bridgehead atoms. The summed E-state index contributed by atoms with van der Waals surface area (Å²) in [5.41, 5.74) is 0.630. The summed E-state index contributed by atoms with van der Waals surface area (Å²) >= 11 is 0. The van der Waals surface area contributed by atoms with Gasteiger partial charge in [0.1, 0.15) is 5.75 Å². The topological polar surface area (TPSA) is 90.1 Å². The minimum absolute atomic E-state index is 0. The van der Waals surface area contributed by atoms with Crippen LogP contribution in [0, 0.1) is 0 Å². The normalized spacial score (nSPS) is 8.67. The van der Waals surface area contributed by atoms with Crippen LogP contribution in [-0.4, -0.2) is 16.8 Å². The number of phenolic OH excluding ortho intramolecular Hbond substituents is 1. The van der Waals surface area contributed by atoms with Crippen molar-refractivity contribution in [1.82, 2.24) is 0 Å². The fraction of sp³-hybridized carbons (Fsp3) is 0. The van der Waals surface area contributed by atoms with Gasteiger partial charge in [-0.3, -0.25) is 0 Å². The molecule has 0 aliphatic heterocycles. The zero-order valence-electron chi connectivity index (χ0n) is 6.16. The van der Waals surface area contributed by atoms with E-state index in [-0.39, 0.29) is 28.3 Å². The van der Waals surface area contributed by atoms with Gasteiger partial charge in [-0.25, -0.2) is 0 Å². The average molecular weight is 218 g/mol. The number of hydrogen-bond acceptors (Lipinski definition) is 3. The first-order valence-electron chi connectivity index (χ1n) is 2.86. The van der Waals surface area contributed by atoms with Gasteiger partial charge in [0.25, 0.3) is 0 Å². The molecule has 0 amide bonds. The maximum Gasteiger partial charge on any atom is 0.124 e. The molecule has 0 aliphatic rings. The van der Waals surface area contributed by atoms with Gasteiger partial charge in [-0.1, -0.05) is 12.1 Å². The molecule has 1 rings (SSSR count). The third-order valence-electron chi connectivity index (χ3n) is 1.15. The number of aromatic hydroxyl groups is 1. The van der Waals surface area contributed by atoms with E-state index in [4.69, 9.17) is 10.9 Å². The first-order valence-corrected chi connectivity index (χ1v) is 2.86. The van der Waals surface area contributed by atoms with Gasteiger partial charge in [0.15, 0.2) is 0 Å². The first kappa shape index (κ1) is 13.6. The second-order valence-electron chi connectivity index (χ2n) is 1.84. The van der Waals surface area contributed by atoms with Crippen molar-refractivity contribution >= 4 is 6.21 Å². The van der Waals surface area contributed by atoms with Gasteiger partial charge in [-0.05, 0) is 12.1 Å². The Morgan fingerprint density at radius 1 is 1.33 bits per heavy atom. The van der Waals surface area contributed by atoms with Crippen LogP contribution < -0.4 is 5.84 Å². The third kappa shape index (κ3) is 3.39. The van der Waals surface area contributed by atoms with Gasteiger partial charge >= 0.3 is 0 Å². The zero-order chi connectivity index (χ0) is 7.40. The molecule has 4 nitrogen and oxygen atoms in total. The number of hydrazone groups is 1. The van der Waals surface area contributed by atoms with Crippen LogP contribution in [0.1, 0.15) is 5.56 Å². The van der Waals surface area contributed by atoms with E-state index in [1.165, 1.54) is 6.21 Å². The Hall–Kier alpha value is -1.03. The molecular weight excluding hydrogens is 208 g/mol. The van der Waals surface area contributed by atoms with E-state index in [9.17, 15) is 0 Å². The number of hydrogen-bond donors (Lipinski definition) is 2. The summed E-state index contributed by atoms with van der Waals surface area (Å²) in [5.74, 6) is 5.08. The van der Waals surface area contributed by atoms with E-state index in [0.717, 1.165) is 0 Å². The van der Waals surface area contributed by atoms with E-state index in [2.05, 4.69) is 5.10 Å². The van der Waals surface area contributed by atoms with Crippen LogP contribution in [0.5, 0.6) is 5.75 Å². The summed E-state index contributed by atoms with van der Waals surface area (Å²) in [6.07, 6.45) is 1.40. The molecule has 0 saturated heterocycles. The largest absolute Gasteiger partial charge is 0.507 e. The Bertz CT molecular complexity index is 253. The molecule has 0 unspecified atom stereocenters. The van der Waals surface area contributed by atoms with Crippen molar-refractivity contribution < 1.29 is 27.7 Å². The van der Waals surface area contributed by atoms with Crippen molar-refractivity contribution in [3.05, 3.63) is 29.8 Å². The summed E-state index contributed by atoms with van der Waals surface area (Å²) in [5, 5.41) is 12.4. The summed E-state index contributed by atoms with van der Waals surface area (Å²) in [6, 6.07) is 6.85. The van der Waals surface area contributed by atoms with Crippen molar-refractivity contribution in [2.45, 2.75) is 0 Å². The van der Waals surface area contributed by atoms with Crippen molar-refractivity contribution in [3.63, 3.8) is 0 Å². The van der Waals surface area contributed by atoms with E-state index >= 15 is 0 Å². The standard InChI is InChI=1S/C7H8N2O.Cu.H2O/c8-9-5-6-3-1-2-4-7(6)10;;/h1-5,10H,8H2;;1H2/b9-5+;;. The minimum atomic E-state index is 0. The molecule has 0 fully saturated rings. The molecule has 1 aromatic rings. The van der Waals surface area contributed by atoms with Crippen molar-refractivity contribution in [1.29, 1.82) is 0 Å². The first-order chi connectivity index (χ1) is 4.84. The molecule has 0 heterocycles. The van der Waals surface area contributed by atoms with Gasteiger partial charge in [0.05, 0.1) is 6.21 Å². The predicted octanol–water partition coefficient (Wildman–Crippen LogP) is -0.142. The van der Waals surface area contributed by atoms with Gasteiger partial charge in [0.2, 0.25) is 0 Å². The van der Waals surface area contributed by atoms with Crippen molar-refractivity contribution in [3.8, 4) is 5.75 Å². The number of para-hydroxylation sites is 1. The monoisotopic (exact) mass is 217 g/mol. The summed E-state index contributed by atoms with van der Waals surface area (Å²) in [4.78, 5) is 0. The van der Waals surface area contributed by atoms with E-state index in [0.29, 0.717) is 5.56 Å². The Morgan fingerprint density at radius 3 is 2.42 bits per heavy atom. The molecule has 5 N–H and O–H groups in total. The Balaban J connectivity index is 0. The molecule has 5 heteroatoms. The molecule has 0 atom stereocenters. The Morgan fingerprint density at radius 2 is 1.92 bits per heavy atom. The quantitative estimate of drug-likeness (QED) is 0.297. The summed E-state index contributed by atoms with van der Waals surface area (Å²) < 4.78 is 0. The van der Waals surface area contributed by atoms with Crippen LogP contribution in [0.15, 0.2) is 29.4 Å². The second kappa shape index (κ2) is 6.67. The van der Waals surface area contributed by atoms with Gasteiger partial charge in [0, 0.05) is 22.6 Å². The van der Waals surface area contributed by atoms with Crippen LogP contribution in [0.25, 0.3) is 0 Å². The van der Waals surface area contributed by atoms with Gasteiger partial charge < -0.3 is 16.4 Å². The van der Waals surface area contributed by atoms with Crippen LogP contribution in [-0.2, 0) is 17.1 Å². The van der Waals surface area contributed by atoms with E-state index in [1.54, 1.807) is 24.3 Å². The van der Waals surface area contributed by atoms with Crippen LogP contribution in [0.3, 0.4) is 0 Å². The van der Waals surface area contributed by atoms with E-state index in [1.807, 2.05) is 0 Å². The maximum absolute atomic E-state index is 9.09. The Labute approximate surface area is 80.9 Å². The molecule has 71 valence electrons. The average Bonchev–Trinajstić information content (AvgIpc) is 1.94. The smallest absolute Gasteiger partial charge is 0.124 e. The van der Waals surface area contributed by atoms with Gasteiger partial charge in [-0.15, -0.1) is 0 Å². The molecular formula is C7H10CuN2O2. The fourth-order valence-electron chi connectivity index (χ4n) is 0.677. The van der Waals surface area contributed by atoms with Crippen molar-refractivity contribution in [2.24, 2.45) is 10.9 Å². The molecule has 0 spiro atoms. The molecule has 0 aromatic heterocycles. The number of phenols is 1. The maximum atomic E-state index is 9.09. The van der Waals surface area contributed by atoms with Crippen LogP contribution in [0.4, 0.5) is 0 Å². The molecule has 0 aliphatic carbocycles.